The Balaban J connectivity index is 1.64. The number of fused-ring (bicyclic) bond motifs is 2. The summed E-state index contributed by atoms with van der Waals surface area (Å²) < 4.78 is 55.4. The minimum Gasteiger partial charge on any atom is -0.388 e. The van der Waals surface area contributed by atoms with E-state index in [9.17, 15) is 32.3 Å². The van der Waals surface area contributed by atoms with Crippen LogP contribution in [0.4, 0.5) is 23.4 Å². The number of β-amino-alcohol motifs (C(OH)–C–C–N with tert-alkyl or cyclic N) is 1. The zero-order chi connectivity index (χ0) is 25.1. The van der Waals surface area contributed by atoms with E-state index in [2.05, 4.69) is 9.97 Å². The number of carbonyl (C=O) groups excluding carboxylic acids is 1. The molecule has 4 heterocycles. The molecule has 2 fully saturated rings. The van der Waals surface area contributed by atoms with Gasteiger partial charge in [-0.2, -0.15) is 13.2 Å². The lowest BCUT2D eigenvalue weighted by Crippen LogP contribution is -2.46. The predicted molar refractivity (Wildman–Crippen MR) is 118 cm³/mol. The van der Waals surface area contributed by atoms with E-state index in [-0.39, 0.29) is 22.8 Å². The highest BCUT2D eigenvalue weighted by Crippen LogP contribution is 2.50. The van der Waals surface area contributed by atoms with Gasteiger partial charge in [0.2, 0.25) is 5.43 Å². The highest BCUT2D eigenvalue weighted by molar-refractivity contribution is 5.97. The molecule has 1 aliphatic heterocycles. The largest absolute Gasteiger partial charge is 0.408 e. The molecule has 0 bridgehead atoms. The first-order valence-corrected chi connectivity index (χ1v) is 11.0. The third kappa shape index (κ3) is 4.01. The number of carbonyl (C=O) groups is 1. The molecule has 0 spiro atoms. The van der Waals surface area contributed by atoms with Crippen molar-refractivity contribution in [2.75, 3.05) is 18.0 Å². The van der Waals surface area contributed by atoms with Crippen LogP contribution in [0.25, 0.3) is 16.9 Å². The fourth-order valence-electron chi connectivity index (χ4n) is 4.53. The molecule has 8 nitrogen and oxygen atoms in total. The number of hydrogen-bond donors (Lipinski definition) is 2. The quantitative estimate of drug-likeness (QED) is 0.533. The molecule has 12 heteroatoms. The van der Waals surface area contributed by atoms with Crippen LogP contribution in [0.15, 0.2) is 41.5 Å². The van der Waals surface area contributed by atoms with E-state index in [4.69, 9.17) is 0 Å². The van der Waals surface area contributed by atoms with Crippen molar-refractivity contribution >= 4 is 22.8 Å². The van der Waals surface area contributed by atoms with Crippen LogP contribution in [-0.4, -0.2) is 56.5 Å². The molecule has 1 amide bonds. The Bertz CT molecular complexity index is 1390. The molecule has 2 N–H and O–H groups in total. The number of rotatable bonds is 5. The van der Waals surface area contributed by atoms with Gasteiger partial charge in [0, 0.05) is 31.4 Å². The maximum absolute atomic E-state index is 14.7. The Hall–Kier alpha value is -3.54. The maximum Gasteiger partial charge on any atom is 0.408 e. The van der Waals surface area contributed by atoms with Crippen molar-refractivity contribution in [1.82, 2.24) is 19.9 Å². The SMILES string of the molecule is CCC(NC(=O)c1cn(-c2ncccc2F)c2nc(N3CC4CC4(O)C3)ccc2c1=O)C(F)(F)F. The molecule has 3 atom stereocenters. The van der Waals surface area contributed by atoms with Crippen molar-refractivity contribution in [2.24, 2.45) is 5.92 Å². The first kappa shape index (κ1) is 23.2. The average molecular weight is 491 g/mol. The van der Waals surface area contributed by atoms with Crippen LogP contribution in [0.1, 0.15) is 30.1 Å². The number of aromatic nitrogens is 3. The molecule has 3 aromatic rings. The highest BCUT2D eigenvalue weighted by atomic mass is 19.4. The van der Waals surface area contributed by atoms with Gasteiger partial charge in [-0.1, -0.05) is 6.92 Å². The van der Waals surface area contributed by atoms with E-state index in [0.29, 0.717) is 25.3 Å². The molecular formula is C23H21F4N5O3. The van der Waals surface area contributed by atoms with Crippen LogP contribution in [-0.2, 0) is 0 Å². The minimum atomic E-state index is -4.70. The zero-order valence-corrected chi connectivity index (χ0v) is 18.5. The molecular weight excluding hydrogens is 470 g/mol. The molecule has 3 aromatic heterocycles. The smallest absolute Gasteiger partial charge is 0.388 e. The van der Waals surface area contributed by atoms with E-state index < -0.39 is 47.0 Å². The normalized spacial score (nSPS) is 22.2. The predicted octanol–water partition coefficient (Wildman–Crippen LogP) is 2.56. The summed E-state index contributed by atoms with van der Waals surface area (Å²) in [6.45, 7) is 2.17. The highest BCUT2D eigenvalue weighted by Gasteiger charge is 2.59. The second-order valence-corrected chi connectivity index (χ2v) is 8.95. The van der Waals surface area contributed by atoms with Gasteiger partial charge < -0.3 is 15.3 Å². The topological polar surface area (TPSA) is 100 Å². The van der Waals surface area contributed by atoms with Gasteiger partial charge in [-0.15, -0.1) is 0 Å². The third-order valence-corrected chi connectivity index (χ3v) is 6.59. The zero-order valence-electron chi connectivity index (χ0n) is 18.5. The van der Waals surface area contributed by atoms with Crippen molar-refractivity contribution in [3.63, 3.8) is 0 Å². The first-order chi connectivity index (χ1) is 16.5. The summed E-state index contributed by atoms with van der Waals surface area (Å²) in [5.74, 6) is -1.74. The molecule has 0 radical (unpaired) electrons. The van der Waals surface area contributed by atoms with Gasteiger partial charge in [0.25, 0.3) is 5.91 Å². The van der Waals surface area contributed by atoms with E-state index in [0.717, 1.165) is 16.8 Å². The summed E-state index contributed by atoms with van der Waals surface area (Å²) in [7, 11) is 0. The summed E-state index contributed by atoms with van der Waals surface area (Å²) in [4.78, 5) is 36.2. The summed E-state index contributed by atoms with van der Waals surface area (Å²) in [6, 6.07) is 3.24. The fourth-order valence-corrected chi connectivity index (χ4v) is 4.53. The minimum absolute atomic E-state index is 0.0166. The lowest BCUT2D eigenvalue weighted by atomic mass is 10.1. The van der Waals surface area contributed by atoms with Crippen molar-refractivity contribution in [2.45, 2.75) is 37.6 Å². The molecule has 3 unspecified atom stereocenters. The lowest BCUT2D eigenvalue weighted by Gasteiger charge is -2.22. The van der Waals surface area contributed by atoms with Gasteiger partial charge in [0.05, 0.1) is 11.0 Å². The number of alkyl halides is 3. The molecule has 5 rings (SSSR count). The second kappa shape index (κ2) is 8.01. The van der Waals surface area contributed by atoms with Crippen LogP contribution < -0.4 is 15.6 Å². The second-order valence-electron chi connectivity index (χ2n) is 8.95. The van der Waals surface area contributed by atoms with Crippen LogP contribution in [0, 0.1) is 11.7 Å². The molecule has 1 aliphatic carbocycles. The summed E-state index contributed by atoms with van der Waals surface area (Å²) in [6.07, 6.45) is -2.17. The Morgan fingerprint density at radius 1 is 1.34 bits per heavy atom. The monoisotopic (exact) mass is 491 g/mol. The van der Waals surface area contributed by atoms with Gasteiger partial charge in [-0.25, -0.2) is 14.4 Å². The van der Waals surface area contributed by atoms with Crippen LogP contribution in [0.2, 0.25) is 0 Å². The average Bonchev–Trinajstić information content (AvgIpc) is 3.32. The fraction of sp³-hybridized carbons (Fsp3) is 0.391. The summed E-state index contributed by atoms with van der Waals surface area (Å²) >= 11 is 0. The summed E-state index contributed by atoms with van der Waals surface area (Å²) in [5, 5.41) is 12.1. The van der Waals surface area contributed by atoms with Crippen molar-refractivity contribution < 1.29 is 27.5 Å². The van der Waals surface area contributed by atoms with Crippen molar-refractivity contribution in [3.8, 4) is 5.82 Å². The summed E-state index contributed by atoms with van der Waals surface area (Å²) in [5.41, 5.74) is -2.22. The van der Waals surface area contributed by atoms with E-state index >= 15 is 0 Å². The number of nitrogens with one attached hydrogen (secondary N) is 1. The van der Waals surface area contributed by atoms with Crippen LogP contribution >= 0.6 is 0 Å². The number of nitrogens with zero attached hydrogens (tertiary/aromatic N) is 4. The van der Waals surface area contributed by atoms with Crippen molar-refractivity contribution in [3.05, 3.63) is 58.3 Å². The van der Waals surface area contributed by atoms with Crippen LogP contribution in [0.5, 0.6) is 0 Å². The molecule has 1 saturated heterocycles. The van der Waals surface area contributed by atoms with Gasteiger partial charge in [-0.3, -0.25) is 14.2 Å². The number of amides is 1. The van der Waals surface area contributed by atoms with Gasteiger partial charge in [0.1, 0.15) is 17.4 Å². The number of halogens is 4. The first-order valence-electron chi connectivity index (χ1n) is 11.0. The van der Waals surface area contributed by atoms with Gasteiger partial charge >= 0.3 is 6.18 Å². The van der Waals surface area contributed by atoms with Gasteiger partial charge in [-0.05, 0) is 37.1 Å². The van der Waals surface area contributed by atoms with Gasteiger partial charge in [0.15, 0.2) is 17.3 Å². The Kier molecular flexibility index (Phi) is 5.31. The van der Waals surface area contributed by atoms with E-state index in [1.165, 1.54) is 31.3 Å². The Labute approximate surface area is 196 Å². The molecule has 1 saturated carbocycles. The molecule has 35 heavy (non-hydrogen) atoms. The van der Waals surface area contributed by atoms with E-state index in [1.807, 2.05) is 10.2 Å². The lowest BCUT2D eigenvalue weighted by molar-refractivity contribution is -0.153. The van der Waals surface area contributed by atoms with Crippen molar-refractivity contribution in [1.29, 1.82) is 0 Å². The Morgan fingerprint density at radius 2 is 2.11 bits per heavy atom. The number of hydrogen-bond acceptors (Lipinski definition) is 6. The standard InChI is InChI=1S/C23H21F4N5O3/c1-2-16(23(25,26)27)29-21(34)14-10-32(20-15(24)4-3-7-28-20)19-13(18(14)33)5-6-17(30-19)31-9-12-8-22(12,35)11-31/h3-7,10,12,16,35H,2,8-9,11H2,1H3,(H,29,34). The van der Waals surface area contributed by atoms with E-state index in [1.54, 1.807) is 0 Å². The van der Waals surface area contributed by atoms with Crippen LogP contribution in [0.3, 0.4) is 0 Å². The third-order valence-electron chi connectivity index (χ3n) is 6.59. The number of piperidine rings is 1. The Morgan fingerprint density at radius 3 is 2.74 bits per heavy atom. The molecule has 184 valence electrons. The molecule has 0 aromatic carbocycles. The maximum atomic E-state index is 14.7. The molecule has 2 aliphatic rings. The number of aliphatic hydroxyl groups is 1. The number of anilines is 1. The number of pyridine rings is 3.